The van der Waals surface area contributed by atoms with Crippen molar-refractivity contribution in [3.05, 3.63) is 71.8 Å². The molecule has 0 radical (unpaired) electrons. The van der Waals surface area contributed by atoms with Gasteiger partial charge in [0.05, 0.1) is 11.2 Å². The van der Waals surface area contributed by atoms with Gasteiger partial charge in [-0.05, 0) is 63.0 Å². The molecule has 0 unspecified atom stereocenters. The van der Waals surface area contributed by atoms with Crippen LogP contribution in [0.2, 0.25) is 0 Å². The van der Waals surface area contributed by atoms with E-state index in [0.29, 0.717) is 6.54 Å². The molecule has 1 saturated heterocycles. The van der Waals surface area contributed by atoms with E-state index in [0.717, 1.165) is 42.3 Å². The van der Waals surface area contributed by atoms with Gasteiger partial charge in [0.25, 0.3) is 0 Å². The number of carboxylic acids is 1. The molecule has 2 N–H and O–H groups in total. The fraction of sp³-hybridized carbons (Fsp3) is 0.464. The Morgan fingerprint density at radius 3 is 2.18 bits per heavy atom. The van der Waals surface area contributed by atoms with Crippen molar-refractivity contribution >= 4 is 24.6 Å². The topological polar surface area (TPSA) is 67.8 Å². The molecule has 1 heterocycles. The van der Waals surface area contributed by atoms with Gasteiger partial charge in [0.1, 0.15) is 5.54 Å². The van der Waals surface area contributed by atoms with Crippen LogP contribution >= 0.6 is 0 Å². The van der Waals surface area contributed by atoms with Gasteiger partial charge in [-0.15, -0.1) is 0 Å². The van der Waals surface area contributed by atoms with Crippen LogP contribution in [0.5, 0.6) is 0 Å². The zero-order valence-electron chi connectivity index (χ0n) is 20.7. The number of carboxylic acid groups (broad SMARTS) is 1. The first-order valence-electron chi connectivity index (χ1n) is 12.3. The monoisotopic (exact) mass is 461 g/mol. The summed E-state index contributed by atoms with van der Waals surface area (Å²) >= 11 is 0. The molecule has 1 atom stereocenters. The summed E-state index contributed by atoms with van der Waals surface area (Å²) in [5, 5.41) is 13.8. The van der Waals surface area contributed by atoms with Gasteiger partial charge in [-0.3, -0.25) is 5.32 Å². The van der Waals surface area contributed by atoms with Crippen LogP contribution in [0.3, 0.4) is 0 Å². The molecule has 0 amide bonds. The SMILES string of the molecule is CC1(C)OB(c2ccc(C=CCN[C@](C(=O)O)(c3ccccc3)C3CCCC3)cc2)OC1(C)C. The van der Waals surface area contributed by atoms with Crippen LogP contribution in [-0.2, 0) is 19.6 Å². The Bertz CT molecular complexity index is 996. The molecule has 1 aliphatic carbocycles. The zero-order valence-corrected chi connectivity index (χ0v) is 20.7. The average Bonchev–Trinajstić information content (AvgIpc) is 3.41. The van der Waals surface area contributed by atoms with E-state index < -0.39 is 11.5 Å². The minimum atomic E-state index is -1.07. The van der Waals surface area contributed by atoms with Gasteiger partial charge >= 0.3 is 13.1 Å². The molecule has 4 rings (SSSR count). The van der Waals surface area contributed by atoms with E-state index in [1.807, 2.05) is 66.7 Å². The maximum Gasteiger partial charge on any atom is 0.494 e. The molecule has 1 aliphatic heterocycles. The molecule has 5 nitrogen and oxygen atoms in total. The molecule has 0 bridgehead atoms. The van der Waals surface area contributed by atoms with E-state index in [1.54, 1.807) is 0 Å². The number of benzene rings is 2. The maximum absolute atomic E-state index is 12.6. The first kappa shape index (κ1) is 24.7. The molecule has 6 heteroatoms. The number of aliphatic carboxylic acids is 1. The van der Waals surface area contributed by atoms with Crippen LogP contribution in [-0.4, -0.2) is 35.9 Å². The first-order valence-corrected chi connectivity index (χ1v) is 12.3. The van der Waals surface area contributed by atoms with E-state index in [1.165, 1.54) is 0 Å². The Labute approximate surface area is 203 Å². The predicted octanol–water partition coefficient (Wildman–Crippen LogP) is 4.76. The van der Waals surface area contributed by atoms with E-state index in [-0.39, 0.29) is 24.2 Å². The molecule has 2 fully saturated rings. The van der Waals surface area contributed by atoms with Gasteiger partial charge in [-0.2, -0.15) is 0 Å². The van der Waals surface area contributed by atoms with Gasteiger partial charge in [-0.1, -0.05) is 79.6 Å². The second-order valence-corrected chi connectivity index (χ2v) is 10.5. The zero-order chi connectivity index (χ0) is 24.4. The molecule has 34 heavy (non-hydrogen) atoms. The van der Waals surface area contributed by atoms with E-state index in [2.05, 4.69) is 33.0 Å². The minimum absolute atomic E-state index is 0.0833. The summed E-state index contributed by atoms with van der Waals surface area (Å²) < 4.78 is 12.3. The first-order chi connectivity index (χ1) is 16.2. The van der Waals surface area contributed by atoms with Gasteiger partial charge in [0.15, 0.2) is 0 Å². The van der Waals surface area contributed by atoms with E-state index in [9.17, 15) is 9.90 Å². The lowest BCUT2D eigenvalue weighted by atomic mass is 9.76. The molecule has 2 aromatic rings. The highest BCUT2D eigenvalue weighted by Gasteiger charge is 2.51. The predicted molar refractivity (Wildman–Crippen MR) is 137 cm³/mol. The van der Waals surface area contributed by atoms with Crippen molar-refractivity contribution in [1.29, 1.82) is 0 Å². The number of rotatable bonds is 8. The molecule has 2 aromatic carbocycles. The second kappa shape index (κ2) is 9.69. The largest absolute Gasteiger partial charge is 0.494 e. The van der Waals surface area contributed by atoms with Crippen molar-refractivity contribution in [2.75, 3.05) is 6.54 Å². The summed E-state index contributed by atoms with van der Waals surface area (Å²) in [4.78, 5) is 12.6. The van der Waals surface area contributed by atoms with Crippen molar-refractivity contribution in [3.63, 3.8) is 0 Å². The number of carbonyl (C=O) groups is 1. The third kappa shape index (κ3) is 4.72. The standard InChI is InChI=1S/C28H36BNO4/c1-26(2)27(3,4)34-29(33-26)24-18-16-21(17-19-24)11-10-20-30-28(25(31)32,23-14-8-9-15-23)22-12-6-5-7-13-22/h5-7,10-13,16-19,23,30H,8-9,14-15,20H2,1-4H3,(H,31,32)/t28-/m1/s1. The molecule has 0 spiro atoms. The lowest BCUT2D eigenvalue weighted by Gasteiger charge is -2.36. The van der Waals surface area contributed by atoms with Crippen LogP contribution in [0.15, 0.2) is 60.7 Å². The van der Waals surface area contributed by atoms with Gasteiger partial charge in [0, 0.05) is 6.54 Å². The number of hydrogen-bond acceptors (Lipinski definition) is 4. The molecule has 1 saturated carbocycles. The third-order valence-corrected chi connectivity index (χ3v) is 7.80. The van der Waals surface area contributed by atoms with Crippen molar-refractivity contribution in [2.24, 2.45) is 5.92 Å². The van der Waals surface area contributed by atoms with Gasteiger partial charge in [-0.25, -0.2) is 4.79 Å². The Morgan fingerprint density at radius 2 is 1.62 bits per heavy atom. The van der Waals surface area contributed by atoms with Gasteiger partial charge in [0.2, 0.25) is 0 Å². The Morgan fingerprint density at radius 1 is 1.03 bits per heavy atom. The smallest absolute Gasteiger partial charge is 0.480 e. The summed E-state index contributed by atoms with van der Waals surface area (Å²) in [6.45, 7) is 8.67. The summed E-state index contributed by atoms with van der Waals surface area (Å²) in [6, 6.07) is 17.7. The van der Waals surface area contributed by atoms with Crippen molar-refractivity contribution in [2.45, 2.75) is 70.1 Å². The molecular weight excluding hydrogens is 425 g/mol. The second-order valence-electron chi connectivity index (χ2n) is 10.5. The molecule has 2 aliphatic rings. The highest BCUT2D eigenvalue weighted by Crippen LogP contribution is 2.41. The summed E-state index contributed by atoms with van der Waals surface area (Å²) in [5.41, 5.74) is 1.07. The fourth-order valence-corrected chi connectivity index (χ4v) is 5.07. The third-order valence-electron chi connectivity index (χ3n) is 7.80. The average molecular weight is 461 g/mol. The highest BCUT2D eigenvalue weighted by atomic mass is 16.7. The Hall–Kier alpha value is -2.41. The van der Waals surface area contributed by atoms with Crippen LogP contribution in [0.1, 0.15) is 64.5 Å². The summed E-state index contributed by atoms with van der Waals surface area (Å²) in [6.07, 6.45) is 8.04. The van der Waals surface area contributed by atoms with E-state index in [4.69, 9.17) is 9.31 Å². The molecule has 0 aromatic heterocycles. The van der Waals surface area contributed by atoms with Crippen LogP contribution < -0.4 is 10.8 Å². The lowest BCUT2D eigenvalue weighted by Crippen LogP contribution is -2.54. The quantitative estimate of drug-likeness (QED) is 0.555. The van der Waals surface area contributed by atoms with Gasteiger partial charge < -0.3 is 14.4 Å². The van der Waals surface area contributed by atoms with E-state index >= 15 is 0 Å². The fourth-order valence-electron chi connectivity index (χ4n) is 5.07. The Balaban J connectivity index is 1.45. The van der Waals surface area contributed by atoms with Crippen LogP contribution in [0, 0.1) is 5.92 Å². The molecule has 180 valence electrons. The summed E-state index contributed by atoms with van der Waals surface area (Å²) in [5.74, 6) is -0.717. The number of nitrogens with one attached hydrogen (secondary N) is 1. The molecular formula is C28H36BNO4. The lowest BCUT2D eigenvalue weighted by molar-refractivity contribution is -0.148. The Kier molecular flexibility index (Phi) is 7.04. The van der Waals surface area contributed by atoms with Crippen molar-refractivity contribution in [3.8, 4) is 0 Å². The maximum atomic E-state index is 12.6. The summed E-state index contributed by atoms with van der Waals surface area (Å²) in [7, 11) is -0.377. The minimum Gasteiger partial charge on any atom is -0.480 e. The van der Waals surface area contributed by atoms with Crippen molar-refractivity contribution in [1.82, 2.24) is 5.32 Å². The van der Waals surface area contributed by atoms with Crippen LogP contribution in [0.25, 0.3) is 6.08 Å². The van der Waals surface area contributed by atoms with Crippen LogP contribution in [0.4, 0.5) is 0 Å². The highest BCUT2D eigenvalue weighted by molar-refractivity contribution is 6.62. The normalized spacial score (nSPS) is 21.7. The number of hydrogen-bond donors (Lipinski definition) is 2. The van der Waals surface area contributed by atoms with Crippen molar-refractivity contribution < 1.29 is 19.2 Å².